The number of nitrogens with one attached hydrogen (secondary N) is 2. The van der Waals surface area contributed by atoms with Gasteiger partial charge in [-0.2, -0.15) is 0 Å². The summed E-state index contributed by atoms with van der Waals surface area (Å²) >= 11 is 0. The second-order valence-corrected chi connectivity index (χ2v) is 14.3. The fraction of sp³-hybridized carbons (Fsp3) is 0.244. The molecule has 2 aliphatic rings. The summed E-state index contributed by atoms with van der Waals surface area (Å²) in [5.41, 5.74) is 8.28. The number of phenols is 1. The second-order valence-electron chi connectivity index (χ2n) is 14.3. The number of aliphatic hydroxyl groups is 2. The van der Waals surface area contributed by atoms with Crippen molar-refractivity contribution in [2.24, 2.45) is 11.8 Å². The quantitative estimate of drug-likeness (QED) is 0.107. The van der Waals surface area contributed by atoms with Crippen LogP contribution < -0.4 is 20.1 Å². The molecule has 2 aliphatic carbocycles. The molecular weight excluding hydrogens is 681 g/mol. The highest BCUT2D eigenvalue weighted by molar-refractivity contribution is 6.35. The number of allylic oxidation sites excluding steroid dienone is 4. The summed E-state index contributed by atoms with van der Waals surface area (Å²) in [6.45, 7) is 13.4. The Balaban J connectivity index is 1.61. The van der Waals surface area contributed by atoms with Crippen molar-refractivity contribution < 1.29 is 34.4 Å². The molecule has 0 saturated carbocycles. The molecule has 0 unspecified atom stereocenters. The number of aliphatic hydroxyl groups excluding tert-OH is 2. The number of phenolic OH excluding ortho intramolecular Hbond substituents is 1. The molecule has 0 heterocycles. The van der Waals surface area contributed by atoms with Gasteiger partial charge in [0.2, 0.25) is 11.6 Å². The van der Waals surface area contributed by atoms with Crippen LogP contribution in [-0.4, -0.2) is 41.1 Å². The van der Waals surface area contributed by atoms with Crippen molar-refractivity contribution >= 4 is 45.2 Å². The third-order valence-corrected chi connectivity index (χ3v) is 10.1. The van der Waals surface area contributed by atoms with Gasteiger partial charge in [-0.1, -0.05) is 52.0 Å². The lowest BCUT2D eigenvalue weighted by atomic mass is 9.74. The number of ether oxygens (including phenoxy) is 2. The van der Waals surface area contributed by atoms with E-state index >= 15 is 0 Å². The molecule has 0 radical (unpaired) electrons. The van der Waals surface area contributed by atoms with E-state index in [2.05, 4.69) is 10.6 Å². The lowest BCUT2D eigenvalue weighted by Gasteiger charge is -2.30. The highest BCUT2D eigenvalue weighted by atomic mass is 16.5. The predicted molar refractivity (Wildman–Crippen MR) is 216 cm³/mol. The number of carbonyl (C=O) groups is 2. The van der Waals surface area contributed by atoms with E-state index in [-0.39, 0.29) is 40.2 Å². The van der Waals surface area contributed by atoms with Gasteiger partial charge in [-0.15, -0.1) is 0 Å². The number of anilines is 2. The Bertz CT molecular complexity index is 2190. The van der Waals surface area contributed by atoms with E-state index in [1.807, 2.05) is 90.9 Å². The highest BCUT2D eigenvalue weighted by Gasteiger charge is 2.37. The first-order valence-corrected chi connectivity index (χ1v) is 17.9. The maximum absolute atomic E-state index is 14.0. The minimum Gasteiger partial charge on any atom is -0.507 e. The van der Waals surface area contributed by atoms with E-state index in [0.29, 0.717) is 73.0 Å². The lowest BCUT2D eigenvalue weighted by Crippen LogP contribution is -2.20. The van der Waals surface area contributed by atoms with Gasteiger partial charge in [-0.25, -0.2) is 0 Å². The topological polar surface area (TPSA) is 137 Å². The summed E-state index contributed by atoms with van der Waals surface area (Å²) in [7, 11) is 3.14. The minimum atomic E-state index is -0.618. The van der Waals surface area contributed by atoms with Gasteiger partial charge in [0.05, 0.1) is 19.8 Å². The number of hydrogen-bond acceptors (Lipinski definition) is 9. The molecule has 0 fully saturated rings. The summed E-state index contributed by atoms with van der Waals surface area (Å²) < 4.78 is 10.7. The van der Waals surface area contributed by atoms with Crippen molar-refractivity contribution in [3.8, 4) is 28.4 Å². The average Bonchev–Trinajstić information content (AvgIpc) is 3.13. The number of hydrogen-bond donors (Lipinski definition) is 5. The third-order valence-electron chi connectivity index (χ3n) is 10.1. The van der Waals surface area contributed by atoms with Gasteiger partial charge >= 0.3 is 0 Å². The number of ketones is 2. The average molecular weight is 727 g/mol. The summed E-state index contributed by atoms with van der Waals surface area (Å²) in [5, 5.41) is 41.5. The maximum atomic E-state index is 14.0. The number of Topliss-reactive ketones (excluding diaryl/α,β-unsaturated/α-hetero) is 2. The molecular formula is C45H46N2O7. The molecule has 0 atom stereocenters. The number of fused-ring (bicyclic) bond motifs is 2. The SMILES string of the molecule is COc1cccc(N/C=C2\C(=O)C(O)=C(C(C)C)c3cc(C)c(-c4c(C)cc5c(c4C)/C(=C\Nc4cccc(OC)c4)C(=O)C(O)=C5C(C)C)c(O)c32)c1. The number of methoxy groups -OCH3 is 2. The predicted octanol–water partition coefficient (Wildman–Crippen LogP) is 9.92. The largest absolute Gasteiger partial charge is 0.507 e. The zero-order chi connectivity index (χ0) is 39.2. The van der Waals surface area contributed by atoms with E-state index in [0.717, 1.165) is 11.1 Å². The minimum absolute atomic E-state index is 0.0925. The first-order valence-electron chi connectivity index (χ1n) is 17.9. The molecule has 0 aromatic heterocycles. The third kappa shape index (κ3) is 6.40. The number of benzene rings is 4. The van der Waals surface area contributed by atoms with Crippen molar-refractivity contribution in [2.45, 2.75) is 48.5 Å². The molecule has 0 bridgehead atoms. The Labute approximate surface area is 316 Å². The second kappa shape index (κ2) is 14.7. The molecule has 9 nitrogen and oxygen atoms in total. The molecule has 9 heteroatoms. The maximum Gasteiger partial charge on any atom is 0.229 e. The smallest absolute Gasteiger partial charge is 0.229 e. The van der Waals surface area contributed by atoms with Crippen molar-refractivity contribution in [1.29, 1.82) is 0 Å². The van der Waals surface area contributed by atoms with Crippen LogP contribution >= 0.6 is 0 Å². The van der Waals surface area contributed by atoms with Crippen LogP contribution in [0, 0.1) is 32.6 Å². The van der Waals surface area contributed by atoms with Gasteiger partial charge in [0.25, 0.3) is 0 Å². The van der Waals surface area contributed by atoms with Crippen molar-refractivity contribution in [3.63, 3.8) is 0 Å². The van der Waals surface area contributed by atoms with Crippen LogP contribution in [0.25, 0.3) is 33.4 Å². The van der Waals surface area contributed by atoms with Crippen molar-refractivity contribution in [2.75, 3.05) is 24.9 Å². The fourth-order valence-corrected chi connectivity index (χ4v) is 7.69. The van der Waals surface area contributed by atoms with Gasteiger partial charge in [0, 0.05) is 63.8 Å². The molecule has 0 spiro atoms. The first-order chi connectivity index (χ1) is 25.7. The van der Waals surface area contributed by atoms with Crippen LogP contribution in [0.1, 0.15) is 66.6 Å². The van der Waals surface area contributed by atoms with Gasteiger partial charge in [0.15, 0.2) is 11.5 Å². The fourth-order valence-electron chi connectivity index (χ4n) is 7.69. The van der Waals surface area contributed by atoms with E-state index in [1.165, 1.54) is 6.20 Å². The van der Waals surface area contributed by atoms with Gasteiger partial charge in [0.1, 0.15) is 17.2 Å². The summed E-state index contributed by atoms with van der Waals surface area (Å²) in [6, 6.07) is 18.3. The van der Waals surface area contributed by atoms with Crippen LogP contribution in [-0.2, 0) is 9.59 Å². The molecule has 0 amide bonds. The van der Waals surface area contributed by atoms with Gasteiger partial charge in [-0.05, 0) is 95.8 Å². The van der Waals surface area contributed by atoms with Gasteiger partial charge < -0.3 is 35.4 Å². The van der Waals surface area contributed by atoms with Crippen molar-refractivity contribution in [3.05, 3.63) is 124 Å². The summed E-state index contributed by atoms with van der Waals surface area (Å²) in [5.74, 6) is -1.09. The molecule has 278 valence electrons. The van der Waals surface area contributed by atoms with E-state index in [1.54, 1.807) is 38.6 Å². The van der Waals surface area contributed by atoms with Crippen molar-refractivity contribution in [1.82, 2.24) is 0 Å². The monoisotopic (exact) mass is 726 g/mol. The van der Waals surface area contributed by atoms with Crippen LogP contribution in [0.3, 0.4) is 0 Å². The van der Waals surface area contributed by atoms with E-state index in [4.69, 9.17) is 9.47 Å². The Morgan fingerprint density at radius 1 is 0.593 bits per heavy atom. The Hall–Kier alpha value is -6.22. The Kier molecular flexibility index (Phi) is 10.2. The summed E-state index contributed by atoms with van der Waals surface area (Å²) in [4.78, 5) is 28.0. The zero-order valence-corrected chi connectivity index (χ0v) is 32.1. The van der Waals surface area contributed by atoms with Crippen LogP contribution in [0.4, 0.5) is 11.4 Å². The van der Waals surface area contributed by atoms with Gasteiger partial charge in [-0.3, -0.25) is 9.59 Å². The number of aryl methyl sites for hydroxylation is 2. The number of carbonyl (C=O) groups excluding carboxylic acids is 2. The number of rotatable bonds is 9. The standard InChI is InChI=1S/C45H46N2O7/c1-22(2)35-31-16-24(5)37(26(7)39(31)33(41(48)44(35)51)20-46-27-12-10-14-29(18-27)53-8)38-25(6)17-32-36(23(3)4)45(52)42(49)34(40(32)43(38)50)21-47-28-13-11-15-30(19-28)54-9/h10-23,46-47,50-52H,1-9H3/b33-20+,34-21-. The normalized spacial score (nSPS) is 15.7. The first kappa shape index (κ1) is 37.5. The molecule has 6 rings (SSSR count). The zero-order valence-electron chi connectivity index (χ0n) is 32.1. The van der Waals surface area contributed by atoms with Crippen LogP contribution in [0.15, 0.2) is 84.6 Å². The molecule has 0 aliphatic heterocycles. The van der Waals surface area contributed by atoms with Crippen LogP contribution in [0.2, 0.25) is 0 Å². The molecule has 54 heavy (non-hydrogen) atoms. The Morgan fingerprint density at radius 2 is 1.02 bits per heavy atom. The molecule has 4 aromatic carbocycles. The molecule has 5 N–H and O–H groups in total. The van der Waals surface area contributed by atoms with Crippen LogP contribution in [0.5, 0.6) is 17.2 Å². The van der Waals surface area contributed by atoms with E-state index in [9.17, 15) is 24.9 Å². The molecule has 4 aromatic rings. The molecule has 0 saturated heterocycles. The summed E-state index contributed by atoms with van der Waals surface area (Å²) in [6.07, 6.45) is 3.10. The lowest BCUT2D eigenvalue weighted by molar-refractivity contribution is -0.113. The Morgan fingerprint density at radius 3 is 1.46 bits per heavy atom. The van der Waals surface area contributed by atoms with E-state index < -0.39 is 11.6 Å². The highest BCUT2D eigenvalue weighted by Crippen LogP contribution is 2.51. The number of aromatic hydroxyl groups is 1.